The molecule has 2 saturated heterocycles. The summed E-state index contributed by atoms with van der Waals surface area (Å²) < 4.78 is 5.43. The molecule has 156 valence electrons. The number of nitrogens with zero attached hydrogens (tertiary/aromatic N) is 4. The van der Waals surface area contributed by atoms with Crippen LogP contribution in [0.4, 0.5) is 16.2 Å². The van der Waals surface area contributed by atoms with Crippen LogP contribution in [-0.4, -0.2) is 71.7 Å². The summed E-state index contributed by atoms with van der Waals surface area (Å²) in [4.78, 5) is 28.9. The van der Waals surface area contributed by atoms with Crippen LogP contribution in [0.5, 0.6) is 0 Å². The molecule has 0 saturated carbocycles. The summed E-state index contributed by atoms with van der Waals surface area (Å²) in [5.41, 5.74) is 0.663. The summed E-state index contributed by atoms with van der Waals surface area (Å²) in [6.07, 6.45) is -0.238. The molecule has 0 atom stereocenters. The highest BCUT2D eigenvalue weighted by atomic mass is 16.6. The first-order valence-corrected chi connectivity index (χ1v) is 9.94. The fourth-order valence-electron chi connectivity index (χ4n) is 3.28. The van der Waals surface area contributed by atoms with Crippen LogP contribution in [0.15, 0.2) is 24.3 Å². The second-order valence-corrected chi connectivity index (χ2v) is 7.84. The molecular weight excluding hydrogens is 360 g/mol. The van der Waals surface area contributed by atoms with Crippen molar-refractivity contribution in [2.75, 3.05) is 44.2 Å². The molecule has 0 aliphatic carbocycles. The number of nitro groups is 1. The van der Waals surface area contributed by atoms with E-state index in [2.05, 4.69) is 9.80 Å². The number of benzene rings is 1. The lowest BCUT2D eigenvalue weighted by atomic mass is 10.0. The van der Waals surface area contributed by atoms with Gasteiger partial charge in [-0.1, -0.05) is 13.8 Å². The Hall–Kier alpha value is -2.35. The first kappa shape index (κ1) is 21.9. The maximum absolute atomic E-state index is 12.1. The molecule has 0 unspecified atom stereocenters. The van der Waals surface area contributed by atoms with Crippen molar-refractivity contribution in [2.45, 2.75) is 46.3 Å². The third-order valence-electron chi connectivity index (χ3n) is 4.77. The molecule has 1 aromatic carbocycles. The van der Waals surface area contributed by atoms with E-state index in [0.29, 0.717) is 19.1 Å². The standard InChI is InChI=1S/C18H26N4O4.C2H6/c1-18(2,3)26-17(23)20-10-8-19(9-11-20)16-12-21(13-16)14-4-6-15(7-5-14)22(24)25;1-2/h4-7,16H,8-13H2,1-3H3;1-2H3. The topological polar surface area (TPSA) is 79.2 Å². The number of ether oxygens (including phenoxy) is 1. The molecule has 0 aromatic heterocycles. The quantitative estimate of drug-likeness (QED) is 0.580. The van der Waals surface area contributed by atoms with Crippen LogP contribution < -0.4 is 4.90 Å². The maximum Gasteiger partial charge on any atom is 0.410 e. The Morgan fingerprint density at radius 3 is 2.07 bits per heavy atom. The number of rotatable bonds is 3. The SMILES string of the molecule is CC.CC(C)(C)OC(=O)N1CCN(C2CN(c3ccc([N+](=O)[O-])cc3)C2)CC1. The van der Waals surface area contributed by atoms with E-state index in [-0.39, 0.29) is 16.7 Å². The van der Waals surface area contributed by atoms with Gasteiger partial charge in [0.05, 0.1) is 4.92 Å². The van der Waals surface area contributed by atoms with Crippen LogP contribution in [-0.2, 0) is 4.74 Å². The van der Waals surface area contributed by atoms with Crippen LogP contribution in [0.1, 0.15) is 34.6 Å². The average molecular weight is 393 g/mol. The van der Waals surface area contributed by atoms with E-state index in [1.54, 1.807) is 29.2 Å². The summed E-state index contributed by atoms with van der Waals surface area (Å²) in [5.74, 6) is 0. The number of anilines is 1. The third-order valence-corrected chi connectivity index (χ3v) is 4.77. The summed E-state index contributed by atoms with van der Waals surface area (Å²) >= 11 is 0. The van der Waals surface area contributed by atoms with Crippen molar-refractivity contribution in [1.29, 1.82) is 0 Å². The van der Waals surface area contributed by atoms with Gasteiger partial charge in [-0.3, -0.25) is 15.0 Å². The molecule has 0 bridgehead atoms. The maximum atomic E-state index is 12.1. The van der Waals surface area contributed by atoms with Gasteiger partial charge in [0.2, 0.25) is 0 Å². The van der Waals surface area contributed by atoms with Gasteiger partial charge in [-0.15, -0.1) is 0 Å². The van der Waals surface area contributed by atoms with Gasteiger partial charge >= 0.3 is 6.09 Å². The number of piperazine rings is 1. The molecule has 2 aliphatic rings. The van der Waals surface area contributed by atoms with Gasteiger partial charge in [0.1, 0.15) is 5.60 Å². The number of carbonyl (C=O) groups excluding carboxylic acids is 1. The Morgan fingerprint density at radius 2 is 1.61 bits per heavy atom. The monoisotopic (exact) mass is 392 g/mol. The normalized spacial score (nSPS) is 18.0. The van der Waals surface area contributed by atoms with Crippen molar-refractivity contribution in [1.82, 2.24) is 9.80 Å². The van der Waals surface area contributed by atoms with Gasteiger partial charge in [-0.25, -0.2) is 4.79 Å². The Labute approximate surface area is 167 Å². The van der Waals surface area contributed by atoms with E-state index in [0.717, 1.165) is 31.9 Å². The van der Waals surface area contributed by atoms with Crippen molar-refractivity contribution in [2.24, 2.45) is 0 Å². The predicted molar refractivity (Wildman–Crippen MR) is 110 cm³/mol. The molecule has 3 rings (SSSR count). The van der Waals surface area contributed by atoms with Crippen LogP contribution in [0.2, 0.25) is 0 Å². The zero-order chi connectivity index (χ0) is 20.9. The minimum Gasteiger partial charge on any atom is -0.444 e. The molecule has 2 heterocycles. The minimum atomic E-state index is -0.465. The van der Waals surface area contributed by atoms with Gasteiger partial charge in [0.25, 0.3) is 5.69 Å². The van der Waals surface area contributed by atoms with Gasteiger partial charge in [-0.2, -0.15) is 0 Å². The Kier molecular flexibility index (Phi) is 7.23. The first-order valence-electron chi connectivity index (χ1n) is 9.94. The smallest absolute Gasteiger partial charge is 0.410 e. The van der Waals surface area contributed by atoms with E-state index < -0.39 is 5.60 Å². The molecule has 2 aliphatic heterocycles. The minimum absolute atomic E-state index is 0.115. The number of amides is 1. The van der Waals surface area contributed by atoms with Crippen molar-refractivity contribution in [3.63, 3.8) is 0 Å². The van der Waals surface area contributed by atoms with Gasteiger partial charge in [0.15, 0.2) is 0 Å². The highest BCUT2D eigenvalue weighted by molar-refractivity contribution is 5.68. The largest absolute Gasteiger partial charge is 0.444 e. The van der Waals surface area contributed by atoms with E-state index in [1.165, 1.54) is 0 Å². The summed E-state index contributed by atoms with van der Waals surface area (Å²) in [6.45, 7) is 14.5. The van der Waals surface area contributed by atoms with Crippen molar-refractivity contribution in [3.8, 4) is 0 Å². The summed E-state index contributed by atoms with van der Waals surface area (Å²) in [7, 11) is 0. The second-order valence-electron chi connectivity index (χ2n) is 7.84. The molecule has 0 radical (unpaired) electrons. The van der Waals surface area contributed by atoms with E-state index in [4.69, 9.17) is 4.74 Å². The Balaban J connectivity index is 0.00000136. The van der Waals surface area contributed by atoms with Crippen LogP contribution in [0.25, 0.3) is 0 Å². The molecule has 2 fully saturated rings. The predicted octanol–water partition coefficient (Wildman–Crippen LogP) is 3.36. The summed E-state index contributed by atoms with van der Waals surface area (Å²) in [6, 6.07) is 7.15. The van der Waals surface area contributed by atoms with Crippen LogP contribution in [0, 0.1) is 10.1 Å². The molecule has 8 heteroatoms. The number of hydrogen-bond donors (Lipinski definition) is 0. The zero-order valence-electron chi connectivity index (χ0n) is 17.6. The second kappa shape index (κ2) is 9.23. The highest BCUT2D eigenvalue weighted by Crippen LogP contribution is 2.26. The molecule has 0 N–H and O–H groups in total. The van der Waals surface area contributed by atoms with Gasteiger partial charge in [0, 0.05) is 63.1 Å². The van der Waals surface area contributed by atoms with Crippen LogP contribution >= 0.6 is 0 Å². The zero-order valence-corrected chi connectivity index (χ0v) is 17.6. The van der Waals surface area contributed by atoms with Crippen LogP contribution in [0.3, 0.4) is 0 Å². The fraction of sp³-hybridized carbons (Fsp3) is 0.650. The molecular formula is C20H32N4O4. The Morgan fingerprint density at radius 1 is 1.07 bits per heavy atom. The van der Waals surface area contributed by atoms with Gasteiger partial charge in [-0.05, 0) is 32.9 Å². The molecule has 1 aromatic rings. The lowest BCUT2D eigenvalue weighted by molar-refractivity contribution is -0.384. The highest BCUT2D eigenvalue weighted by Gasteiger charge is 2.35. The van der Waals surface area contributed by atoms with Crippen molar-refractivity contribution in [3.05, 3.63) is 34.4 Å². The third kappa shape index (κ3) is 5.58. The van der Waals surface area contributed by atoms with E-state index in [1.807, 2.05) is 34.6 Å². The molecule has 0 spiro atoms. The Bertz CT molecular complexity index is 658. The fourth-order valence-corrected chi connectivity index (χ4v) is 3.28. The van der Waals surface area contributed by atoms with E-state index in [9.17, 15) is 14.9 Å². The number of hydrogen-bond acceptors (Lipinski definition) is 6. The number of carbonyl (C=O) groups is 1. The number of non-ortho nitro benzene ring substituents is 1. The molecule has 28 heavy (non-hydrogen) atoms. The number of nitro benzene ring substituents is 1. The van der Waals surface area contributed by atoms with E-state index >= 15 is 0 Å². The summed E-state index contributed by atoms with van der Waals surface area (Å²) in [5, 5.41) is 10.7. The lowest BCUT2D eigenvalue weighted by Crippen LogP contribution is -2.63. The van der Waals surface area contributed by atoms with Crippen molar-refractivity contribution < 1.29 is 14.5 Å². The molecule has 1 amide bonds. The first-order chi connectivity index (χ1) is 13.2. The average Bonchev–Trinajstić information content (AvgIpc) is 2.62. The lowest BCUT2D eigenvalue weighted by Gasteiger charge is -2.49. The van der Waals surface area contributed by atoms with Crippen molar-refractivity contribution >= 4 is 17.5 Å². The molecule has 8 nitrogen and oxygen atoms in total. The van der Waals surface area contributed by atoms with Gasteiger partial charge < -0.3 is 14.5 Å².